The number of aromatic nitrogens is 1. The smallest absolute Gasteiger partial charge is 0.274 e. The van der Waals surface area contributed by atoms with Gasteiger partial charge < -0.3 is 5.32 Å². The molecule has 0 bridgehead atoms. The summed E-state index contributed by atoms with van der Waals surface area (Å²) in [6, 6.07) is 10.2. The van der Waals surface area contributed by atoms with E-state index in [2.05, 4.69) is 16.4 Å². The Hall–Kier alpha value is -2.74. The zero-order valence-electron chi connectivity index (χ0n) is 15.1. The molecule has 0 spiro atoms. The van der Waals surface area contributed by atoms with Crippen molar-refractivity contribution in [1.82, 2.24) is 4.98 Å². The Morgan fingerprint density at radius 1 is 1.32 bits per heavy atom. The van der Waals surface area contributed by atoms with E-state index in [0.29, 0.717) is 5.69 Å². The van der Waals surface area contributed by atoms with Gasteiger partial charge in [0.15, 0.2) is 0 Å². The number of hydrogen-bond acceptors (Lipinski definition) is 3. The molecule has 1 aromatic heterocycles. The number of benzene rings is 1. The minimum Gasteiger partial charge on any atom is -0.318 e. The van der Waals surface area contributed by atoms with Gasteiger partial charge in [-0.3, -0.25) is 4.79 Å². The van der Waals surface area contributed by atoms with Gasteiger partial charge in [0.2, 0.25) is 0 Å². The van der Waals surface area contributed by atoms with Crippen LogP contribution in [0.4, 0.5) is 10.1 Å². The molecule has 1 heterocycles. The second kappa shape index (κ2) is 7.02. The first-order valence-corrected chi connectivity index (χ1v) is 8.16. The monoisotopic (exact) mass is 339 g/mol. The summed E-state index contributed by atoms with van der Waals surface area (Å²) in [4.78, 5) is 16.7. The number of amides is 1. The van der Waals surface area contributed by atoms with Gasteiger partial charge in [-0.15, -0.1) is 0 Å². The van der Waals surface area contributed by atoms with E-state index >= 15 is 0 Å². The molecule has 0 aliphatic heterocycles. The van der Waals surface area contributed by atoms with Crippen LogP contribution in [0.5, 0.6) is 0 Å². The second-order valence-corrected chi connectivity index (χ2v) is 6.94. The van der Waals surface area contributed by atoms with Gasteiger partial charge >= 0.3 is 0 Å². The minimum atomic E-state index is -0.809. The standard InChI is InChI=1S/C20H22FN3O/c1-12(2)14-10-17(15(21)9-13(14)3)24-19(25)16-7-6-8-18(23-16)20(4,5)11-22/h6-10,12H,1-5H3,(H,24,25). The van der Waals surface area contributed by atoms with Crippen LogP contribution in [0.15, 0.2) is 30.3 Å². The molecule has 0 saturated heterocycles. The number of halogens is 1. The van der Waals surface area contributed by atoms with E-state index in [1.165, 1.54) is 6.07 Å². The van der Waals surface area contributed by atoms with Crippen molar-refractivity contribution in [3.05, 3.63) is 58.7 Å². The summed E-state index contributed by atoms with van der Waals surface area (Å²) < 4.78 is 14.2. The lowest BCUT2D eigenvalue weighted by atomic mass is 9.91. The topological polar surface area (TPSA) is 65.8 Å². The van der Waals surface area contributed by atoms with E-state index in [4.69, 9.17) is 0 Å². The van der Waals surface area contributed by atoms with Gasteiger partial charge in [0, 0.05) is 0 Å². The third-order valence-electron chi connectivity index (χ3n) is 4.13. The number of aryl methyl sites for hydroxylation is 1. The van der Waals surface area contributed by atoms with Crippen LogP contribution >= 0.6 is 0 Å². The molecule has 0 saturated carbocycles. The molecule has 1 aromatic carbocycles. The molecule has 0 fully saturated rings. The highest BCUT2D eigenvalue weighted by molar-refractivity contribution is 6.03. The Morgan fingerprint density at radius 2 is 2.00 bits per heavy atom. The van der Waals surface area contributed by atoms with E-state index in [9.17, 15) is 14.4 Å². The van der Waals surface area contributed by atoms with Gasteiger partial charge in [-0.25, -0.2) is 9.37 Å². The molecule has 2 rings (SSSR count). The summed E-state index contributed by atoms with van der Waals surface area (Å²) in [5, 5.41) is 11.8. The molecular weight excluding hydrogens is 317 g/mol. The van der Waals surface area contributed by atoms with Crippen LogP contribution < -0.4 is 5.32 Å². The predicted octanol–water partition coefficient (Wildman–Crippen LogP) is 4.71. The second-order valence-electron chi connectivity index (χ2n) is 6.94. The van der Waals surface area contributed by atoms with E-state index in [0.717, 1.165) is 11.1 Å². The number of anilines is 1. The Morgan fingerprint density at radius 3 is 2.60 bits per heavy atom. The number of nitrogens with one attached hydrogen (secondary N) is 1. The molecule has 5 heteroatoms. The van der Waals surface area contributed by atoms with Crippen molar-refractivity contribution >= 4 is 11.6 Å². The number of nitriles is 1. The van der Waals surface area contributed by atoms with Crippen LogP contribution in [-0.4, -0.2) is 10.9 Å². The lowest BCUT2D eigenvalue weighted by Gasteiger charge is -2.16. The molecule has 0 aliphatic rings. The molecule has 0 radical (unpaired) electrons. The highest BCUT2D eigenvalue weighted by atomic mass is 19.1. The van der Waals surface area contributed by atoms with Gasteiger partial charge in [-0.2, -0.15) is 5.26 Å². The summed E-state index contributed by atoms with van der Waals surface area (Å²) >= 11 is 0. The highest BCUT2D eigenvalue weighted by Crippen LogP contribution is 2.26. The number of carbonyl (C=O) groups excluding carboxylic acids is 1. The summed E-state index contributed by atoms with van der Waals surface area (Å²) in [6.07, 6.45) is 0. The summed E-state index contributed by atoms with van der Waals surface area (Å²) in [5.41, 5.74) is 1.79. The average molecular weight is 339 g/mol. The van der Waals surface area contributed by atoms with Crippen molar-refractivity contribution in [2.45, 2.75) is 46.0 Å². The lowest BCUT2D eigenvalue weighted by molar-refractivity contribution is 0.102. The van der Waals surface area contributed by atoms with Crippen molar-refractivity contribution < 1.29 is 9.18 Å². The van der Waals surface area contributed by atoms with Gasteiger partial charge in [-0.1, -0.05) is 19.9 Å². The molecule has 130 valence electrons. The fraction of sp³-hybridized carbons (Fsp3) is 0.350. The normalized spacial score (nSPS) is 11.3. The van der Waals surface area contributed by atoms with Crippen LogP contribution in [0.3, 0.4) is 0 Å². The SMILES string of the molecule is Cc1cc(F)c(NC(=O)c2cccc(C(C)(C)C#N)n2)cc1C(C)C. The number of nitrogens with zero attached hydrogens (tertiary/aromatic N) is 2. The first-order valence-electron chi connectivity index (χ1n) is 8.16. The van der Waals surface area contributed by atoms with Crippen LogP contribution in [-0.2, 0) is 5.41 Å². The Balaban J connectivity index is 2.34. The van der Waals surface area contributed by atoms with Crippen molar-refractivity contribution in [2.75, 3.05) is 5.32 Å². The van der Waals surface area contributed by atoms with Crippen LogP contribution in [0, 0.1) is 24.1 Å². The maximum Gasteiger partial charge on any atom is 0.274 e. The lowest BCUT2D eigenvalue weighted by Crippen LogP contribution is -2.20. The van der Waals surface area contributed by atoms with Gasteiger partial charge in [-0.05, 0) is 62.1 Å². The summed E-state index contributed by atoms with van der Waals surface area (Å²) in [5.74, 6) is -0.772. The van der Waals surface area contributed by atoms with Crippen molar-refractivity contribution in [3.63, 3.8) is 0 Å². The predicted molar refractivity (Wildman–Crippen MR) is 96.1 cm³/mol. The van der Waals surface area contributed by atoms with Crippen LogP contribution in [0.1, 0.15) is 60.9 Å². The molecule has 0 atom stereocenters. The van der Waals surface area contributed by atoms with Gasteiger partial charge in [0.05, 0.1) is 22.9 Å². The van der Waals surface area contributed by atoms with E-state index in [1.807, 2.05) is 20.8 Å². The number of pyridine rings is 1. The first-order chi connectivity index (χ1) is 11.7. The van der Waals surface area contributed by atoms with Crippen molar-refractivity contribution in [1.29, 1.82) is 5.26 Å². The molecule has 1 N–H and O–H groups in total. The number of hydrogen-bond donors (Lipinski definition) is 1. The van der Waals surface area contributed by atoms with E-state index in [1.54, 1.807) is 38.1 Å². The van der Waals surface area contributed by atoms with E-state index in [-0.39, 0.29) is 17.3 Å². The number of carbonyl (C=O) groups is 1. The molecule has 4 nitrogen and oxygen atoms in total. The fourth-order valence-electron chi connectivity index (χ4n) is 2.56. The Kier molecular flexibility index (Phi) is 5.22. The van der Waals surface area contributed by atoms with E-state index < -0.39 is 17.1 Å². The molecule has 2 aromatic rings. The maximum atomic E-state index is 14.2. The van der Waals surface area contributed by atoms with Gasteiger partial charge in [0.1, 0.15) is 11.5 Å². The summed E-state index contributed by atoms with van der Waals surface area (Å²) in [6.45, 7) is 9.33. The largest absolute Gasteiger partial charge is 0.318 e. The summed E-state index contributed by atoms with van der Waals surface area (Å²) in [7, 11) is 0. The molecule has 25 heavy (non-hydrogen) atoms. The molecular formula is C20H22FN3O. The molecule has 0 unspecified atom stereocenters. The highest BCUT2D eigenvalue weighted by Gasteiger charge is 2.23. The van der Waals surface area contributed by atoms with Crippen LogP contribution in [0.25, 0.3) is 0 Å². The third kappa shape index (κ3) is 4.03. The zero-order valence-corrected chi connectivity index (χ0v) is 15.1. The van der Waals surface area contributed by atoms with Crippen molar-refractivity contribution in [2.24, 2.45) is 0 Å². The number of rotatable bonds is 4. The fourth-order valence-corrected chi connectivity index (χ4v) is 2.56. The Labute approximate surface area is 147 Å². The molecule has 1 amide bonds. The molecule has 0 aliphatic carbocycles. The first kappa shape index (κ1) is 18.6. The van der Waals surface area contributed by atoms with Crippen molar-refractivity contribution in [3.8, 4) is 6.07 Å². The van der Waals surface area contributed by atoms with Gasteiger partial charge in [0.25, 0.3) is 5.91 Å². The van der Waals surface area contributed by atoms with Crippen LogP contribution in [0.2, 0.25) is 0 Å². The quantitative estimate of drug-likeness (QED) is 0.877. The maximum absolute atomic E-state index is 14.2. The Bertz CT molecular complexity index is 851. The third-order valence-corrected chi connectivity index (χ3v) is 4.13. The average Bonchev–Trinajstić information content (AvgIpc) is 2.57. The minimum absolute atomic E-state index is 0.131. The zero-order chi connectivity index (χ0) is 18.8.